The predicted molar refractivity (Wildman–Crippen MR) is 223 cm³/mol. The molecule has 2 aliphatic heterocycles. The van der Waals surface area contributed by atoms with Gasteiger partial charge >= 0.3 is 0 Å². The molecule has 0 unspecified atom stereocenters. The average Bonchev–Trinajstić information content (AvgIpc) is 3.58. The van der Waals surface area contributed by atoms with Crippen LogP contribution in [0.3, 0.4) is 0 Å². The zero-order chi connectivity index (χ0) is 37.8. The Morgan fingerprint density at radius 2 is 1.64 bits per heavy atom. The molecule has 1 aliphatic carbocycles. The van der Waals surface area contributed by atoms with Gasteiger partial charge in [0.15, 0.2) is 0 Å². The normalized spacial score (nSPS) is 17.6. The summed E-state index contributed by atoms with van der Waals surface area (Å²) in [6.45, 7) is 7.46. The number of fused-ring (bicyclic) bond motifs is 2. The second kappa shape index (κ2) is 16.7. The molecule has 8 rings (SSSR count). The Morgan fingerprint density at radius 1 is 0.855 bits per heavy atom. The number of nitrogens with zero attached hydrogens (tertiary/aromatic N) is 5. The third kappa shape index (κ3) is 8.85. The molecule has 0 bridgehead atoms. The first-order valence-corrected chi connectivity index (χ1v) is 21.8. The molecular weight excluding hydrogens is 724 g/mol. The molecule has 1 aromatic heterocycles. The smallest absolute Gasteiger partial charge is 0.211 e. The van der Waals surface area contributed by atoms with Crippen LogP contribution in [-0.4, -0.2) is 72.9 Å². The molecule has 1 fully saturated rings. The highest BCUT2D eigenvalue weighted by Crippen LogP contribution is 2.33. The fraction of sp³-hybridized carbons (Fsp3) is 0.356. The molecule has 3 heterocycles. The largest absolute Gasteiger partial charge is 0.369 e. The van der Waals surface area contributed by atoms with E-state index in [9.17, 15) is 8.42 Å². The van der Waals surface area contributed by atoms with Crippen molar-refractivity contribution >= 4 is 27.3 Å². The highest BCUT2D eigenvalue weighted by molar-refractivity contribution is 7.88. The molecule has 0 radical (unpaired) electrons. The maximum Gasteiger partial charge on any atom is 0.211 e. The van der Waals surface area contributed by atoms with Gasteiger partial charge in [0.1, 0.15) is 0 Å². The lowest BCUT2D eigenvalue weighted by Gasteiger charge is -2.36. The maximum atomic E-state index is 12.7. The van der Waals surface area contributed by atoms with Crippen molar-refractivity contribution in [3.63, 3.8) is 0 Å². The molecule has 0 saturated carbocycles. The highest BCUT2D eigenvalue weighted by Gasteiger charge is 2.30. The third-order valence-electron chi connectivity index (χ3n) is 11.4. The summed E-state index contributed by atoms with van der Waals surface area (Å²) in [6, 6.07) is 34.1. The number of halogens is 1. The molecule has 5 aromatic rings. The van der Waals surface area contributed by atoms with Crippen LogP contribution in [0.5, 0.6) is 0 Å². The second-order valence-corrected chi connectivity index (χ2v) is 17.4. The average molecular weight is 773 g/mol. The van der Waals surface area contributed by atoms with Gasteiger partial charge in [0.25, 0.3) is 0 Å². The summed E-state index contributed by atoms with van der Waals surface area (Å²) in [7, 11) is -3.36. The van der Waals surface area contributed by atoms with Crippen LogP contribution < -0.4 is 10.2 Å². The van der Waals surface area contributed by atoms with Gasteiger partial charge < -0.3 is 10.2 Å². The van der Waals surface area contributed by atoms with E-state index >= 15 is 0 Å². The van der Waals surface area contributed by atoms with E-state index in [4.69, 9.17) is 16.7 Å². The summed E-state index contributed by atoms with van der Waals surface area (Å²) in [6.07, 6.45) is 6.42. The number of aryl methyl sites for hydroxylation is 2. The van der Waals surface area contributed by atoms with Gasteiger partial charge in [0, 0.05) is 105 Å². The summed E-state index contributed by atoms with van der Waals surface area (Å²) in [5, 5.41) is 9.49. The van der Waals surface area contributed by atoms with Crippen LogP contribution in [-0.2, 0) is 42.5 Å². The Balaban J connectivity index is 0.950. The quantitative estimate of drug-likeness (QED) is 0.150. The second-order valence-electron chi connectivity index (χ2n) is 15.0. The molecule has 1 N–H and O–H groups in total. The van der Waals surface area contributed by atoms with Gasteiger partial charge in [0.05, 0.1) is 17.0 Å². The van der Waals surface area contributed by atoms with Gasteiger partial charge in [-0.3, -0.25) is 9.58 Å². The van der Waals surface area contributed by atoms with Crippen molar-refractivity contribution in [2.45, 2.75) is 57.8 Å². The molecule has 0 amide bonds. The van der Waals surface area contributed by atoms with E-state index < -0.39 is 10.0 Å². The van der Waals surface area contributed by atoms with Gasteiger partial charge in [-0.1, -0.05) is 84.1 Å². The van der Waals surface area contributed by atoms with E-state index in [1.165, 1.54) is 35.1 Å². The summed E-state index contributed by atoms with van der Waals surface area (Å²) < 4.78 is 29.0. The Hall–Kier alpha value is -4.43. The number of para-hydroxylation sites is 1. The third-order valence-corrected chi connectivity index (χ3v) is 12.9. The van der Waals surface area contributed by atoms with E-state index in [1.54, 1.807) is 4.31 Å². The van der Waals surface area contributed by atoms with E-state index in [0.717, 1.165) is 98.7 Å². The number of nitrogens with one attached hydrogen (secondary N) is 1. The zero-order valence-electron chi connectivity index (χ0n) is 31.6. The monoisotopic (exact) mass is 772 g/mol. The lowest BCUT2D eigenvalue weighted by atomic mass is 9.87. The summed E-state index contributed by atoms with van der Waals surface area (Å²) in [5.74, 6) is 6.63. The number of hydrogen-bond donors (Lipinski definition) is 1. The molecule has 284 valence electrons. The van der Waals surface area contributed by atoms with Gasteiger partial charge in [0.2, 0.25) is 10.0 Å². The van der Waals surface area contributed by atoms with Crippen molar-refractivity contribution in [2.75, 3.05) is 50.4 Å². The van der Waals surface area contributed by atoms with Gasteiger partial charge in [-0.05, 0) is 78.8 Å². The lowest BCUT2D eigenvalue weighted by Crippen LogP contribution is -2.46. The topological polar surface area (TPSA) is 73.7 Å². The molecule has 55 heavy (non-hydrogen) atoms. The molecule has 3 aliphatic rings. The Morgan fingerprint density at radius 3 is 2.44 bits per heavy atom. The van der Waals surface area contributed by atoms with Crippen molar-refractivity contribution < 1.29 is 8.42 Å². The number of benzene rings is 4. The minimum absolute atomic E-state index is 0.309. The lowest BCUT2D eigenvalue weighted by molar-refractivity contribution is 0.248. The van der Waals surface area contributed by atoms with Crippen LogP contribution in [0, 0.1) is 11.8 Å². The molecule has 0 spiro atoms. The van der Waals surface area contributed by atoms with E-state index in [-0.39, 0.29) is 0 Å². The van der Waals surface area contributed by atoms with Crippen molar-refractivity contribution in [1.29, 1.82) is 0 Å². The first-order chi connectivity index (χ1) is 26.8. The van der Waals surface area contributed by atoms with Crippen LogP contribution in [0.1, 0.15) is 64.4 Å². The van der Waals surface area contributed by atoms with Crippen LogP contribution in [0.15, 0.2) is 97.1 Å². The Kier molecular flexibility index (Phi) is 11.4. The maximum absolute atomic E-state index is 12.7. The first-order valence-electron chi connectivity index (χ1n) is 19.6. The van der Waals surface area contributed by atoms with Crippen LogP contribution in [0.4, 0.5) is 5.69 Å². The molecule has 1 saturated heterocycles. The zero-order valence-corrected chi connectivity index (χ0v) is 33.1. The first kappa shape index (κ1) is 37.5. The van der Waals surface area contributed by atoms with Crippen LogP contribution >= 0.6 is 11.6 Å². The number of sulfonamides is 1. The molecule has 1 atom stereocenters. The van der Waals surface area contributed by atoms with Gasteiger partial charge in [-0.2, -0.15) is 9.40 Å². The fourth-order valence-electron chi connectivity index (χ4n) is 8.30. The van der Waals surface area contributed by atoms with Crippen LogP contribution in [0.25, 0.3) is 11.3 Å². The molecular formula is C45H49ClN6O2S. The molecule has 4 aromatic carbocycles. The number of hydrogen-bond acceptors (Lipinski definition) is 6. The van der Waals surface area contributed by atoms with E-state index in [1.807, 2.05) is 18.2 Å². The van der Waals surface area contributed by atoms with Crippen molar-refractivity contribution in [2.24, 2.45) is 0 Å². The van der Waals surface area contributed by atoms with Gasteiger partial charge in [-0.15, -0.1) is 0 Å². The minimum Gasteiger partial charge on any atom is -0.369 e. The Bertz CT molecular complexity index is 2290. The fourth-order valence-corrected chi connectivity index (χ4v) is 9.25. The van der Waals surface area contributed by atoms with Crippen LogP contribution in [0.2, 0.25) is 5.02 Å². The number of piperazine rings is 1. The van der Waals surface area contributed by atoms with Crippen molar-refractivity contribution in [3.05, 3.63) is 141 Å². The molecule has 10 heteroatoms. The van der Waals surface area contributed by atoms with Crippen molar-refractivity contribution in [1.82, 2.24) is 24.3 Å². The highest BCUT2D eigenvalue weighted by atomic mass is 35.5. The summed E-state index contributed by atoms with van der Waals surface area (Å²) in [4.78, 5) is 4.99. The SMILES string of the molecule is CS(=O)(=O)N1CCc2c(c(-c3ccc(Cl)c(C#Cc4ccc(CN[C@@H]5CCCc6ccccc65)cc4)c3)nn2CCCN2CCN(c3ccccc3)CC2)C1. The minimum atomic E-state index is -3.36. The number of aromatic nitrogens is 2. The van der Waals surface area contributed by atoms with Gasteiger partial charge in [-0.25, -0.2) is 8.42 Å². The van der Waals surface area contributed by atoms with Crippen molar-refractivity contribution in [3.8, 4) is 23.1 Å². The standard InChI is InChI=1S/C45H49ClN6O2S/c1-55(53,54)51-26-23-44-41(33-51)45(48-52(44)25-8-24-49-27-29-50(30-28-49)39-11-3-2-4-12-39)38-21-22-42(46)37(31-38)20-19-34-15-17-35(18-16-34)32-47-43-14-7-10-36-9-5-6-13-40(36)43/h2-6,9,11-13,15-18,21-22,31,43,47H,7-8,10,14,23-30,32-33H2,1H3/t43-/m1/s1. The number of anilines is 1. The predicted octanol–water partition coefficient (Wildman–Crippen LogP) is 7.30. The summed E-state index contributed by atoms with van der Waals surface area (Å²) in [5.41, 5.74) is 10.8. The van der Waals surface area contributed by atoms with E-state index in [0.29, 0.717) is 30.6 Å². The number of rotatable bonds is 10. The Labute approximate surface area is 331 Å². The summed E-state index contributed by atoms with van der Waals surface area (Å²) >= 11 is 6.71. The van der Waals surface area contributed by atoms with E-state index in [2.05, 4.69) is 111 Å². The molecule has 8 nitrogen and oxygen atoms in total.